The summed E-state index contributed by atoms with van der Waals surface area (Å²) in [4.78, 5) is 15.7. The highest BCUT2D eigenvalue weighted by atomic mass is 79.9. The average molecular weight is 301 g/mol. The molecule has 2 rings (SSSR count). The van der Waals surface area contributed by atoms with E-state index in [1.54, 1.807) is 18.3 Å². The Morgan fingerprint density at radius 3 is 2.82 bits per heavy atom. The number of nitrogens with one attached hydrogen (secondary N) is 1. The van der Waals surface area contributed by atoms with Gasteiger partial charge in [0, 0.05) is 17.2 Å². The van der Waals surface area contributed by atoms with Gasteiger partial charge in [-0.2, -0.15) is 0 Å². The molecule has 1 saturated heterocycles. The van der Waals surface area contributed by atoms with Gasteiger partial charge in [-0.1, -0.05) is 0 Å². The van der Waals surface area contributed by atoms with Gasteiger partial charge in [0.05, 0.1) is 25.2 Å². The topological polar surface area (TPSA) is 71.5 Å². The zero-order valence-electron chi connectivity index (χ0n) is 9.15. The van der Waals surface area contributed by atoms with Crippen molar-refractivity contribution in [3.63, 3.8) is 0 Å². The molecule has 0 aliphatic carbocycles. The highest BCUT2D eigenvalue weighted by Crippen LogP contribution is 2.25. The molecule has 1 fully saturated rings. The lowest BCUT2D eigenvalue weighted by atomic mass is 9.87. The molecule has 6 heteroatoms. The van der Waals surface area contributed by atoms with E-state index in [4.69, 9.17) is 4.74 Å². The fourth-order valence-electron chi connectivity index (χ4n) is 1.51. The number of carbonyl (C=O) groups is 1. The lowest BCUT2D eigenvalue weighted by molar-refractivity contribution is -0.133. The summed E-state index contributed by atoms with van der Waals surface area (Å²) in [5, 5.41) is 12.0. The first-order valence-corrected chi connectivity index (χ1v) is 6.03. The highest BCUT2D eigenvalue weighted by Gasteiger charge is 2.38. The number of hydrogen-bond acceptors (Lipinski definition) is 4. The van der Waals surface area contributed by atoms with Gasteiger partial charge in [0.15, 0.2) is 0 Å². The van der Waals surface area contributed by atoms with Crippen LogP contribution in [0.3, 0.4) is 0 Å². The van der Waals surface area contributed by atoms with Crippen LogP contribution in [0.25, 0.3) is 0 Å². The molecule has 0 saturated carbocycles. The van der Waals surface area contributed by atoms with Gasteiger partial charge >= 0.3 is 0 Å². The van der Waals surface area contributed by atoms with Crippen molar-refractivity contribution in [2.75, 3.05) is 26.4 Å². The third-order valence-corrected chi connectivity index (χ3v) is 3.20. The van der Waals surface area contributed by atoms with E-state index in [-0.39, 0.29) is 17.9 Å². The van der Waals surface area contributed by atoms with Crippen LogP contribution in [0.15, 0.2) is 22.8 Å². The van der Waals surface area contributed by atoms with Gasteiger partial charge < -0.3 is 15.2 Å². The maximum absolute atomic E-state index is 11.7. The van der Waals surface area contributed by atoms with Crippen molar-refractivity contribution in [2.24, 2.45) is 5.41 Å². The molecular weight excluding hydrogens is 288 g/mol. The predicted octanol–water partition coefficient (Wildman–Crippen LogP) is 0.583. The van der Waals surface area contributed by atoms with Gasteiger partial charge in [-0.3, -0.25) is 4.79 Å². The van der Waals surface area contributed by atoms with Gasteiger partial charge in [0.1, 0.15) is 5.69 Å². The predicted molar refractivity (Wildman–Crippen MR) is 64.6 cm³/mol. The third kappa shape index (κ3) is 2.83. The summed E-state index contributed by atoms with van der Waals surface area (Å²) in [5.74, 6) is -0.239. The number of nitrogens with zero attached hydrogens (tertiary/aromatic N) is 1. The van der Waals surface area contributed by atoms with Crippen molar-refractivity contribution in [1.29, 1.82) is 0 Å². The first-order chi connectivity index (χ1) is 8.15. The second kappa shape index (κ2) is 5.12. The van der Waals surface area contributed by atoms with Crippen molar-refractivity contribution in [2.45, 2.75) is 0 Å². The Labute approximate surface area is 107 Å². The van der Waals surface area contributed by atoms with Crippen LogP contribution in [0.5, 0.6) is 0 Å². The minimum atomic E-state index is -0.314. The number of amides is 1. The molecule has 0 aromatic carbocycles. The average Bonchev–Trinajstić information content (AvgIpc) is 2.29. The first kappa shape index (κ1) is 12.5. The normalized spacial score (nSPS) is 17.3. The van der Waals surface area contributed by atoms with Crippen LogP contribution in [0, 0.1) is 5.41 Å². The molecule has 0 bridgehead atoms. The van der Waals surface area contributed by atoms with E-state index >= 15 is 0 Å². The molecule has 2 N–H and O–H groups in total. The minimum absolute atomic E-state index is 0.0149. The number of aromatic nitrogens is 1. The van der Waals surface area contributed by atoms with E-state index in [9.17, 15) is 9.90 Å². The van der Waals surface area contributed by atoms with Crippen LogP contribution in [0.1, 0.15) is 10.5 Å². The van der Waals surface area contributed by atoms with Crippen LogP contribution in [0.4, 0.5) is 0 Å². The lowest BCUT2D eigenvalue weighted by Crippen LogP contribution is -2.53. The van der Waals surface area contributed by atoms with Crippen molar-refractivity contribution in [3.8, 4) is 0 Å². The maximum atomic E-state index is 11.7. The highest BCUT2D eigenvalue weighted by molar-refractivity contribution is 9.10. The summed E-state index contributed by atoms with van der Waals surface area (Å²) in [6.45, 7) is 1.39. The first-order valence-electron chi connectivity index (χ1n) is 5.24. The number of carbonyl (C=O) groups excluding carboxylic acids is 1. The Balaban J connectivity index is 1.91. The van der Waals surface area contributed by atoms with Crippen LogP contribution in [-0.2, 0) is 4.74 Å². The van der Waals surface area contributed by atoms with Crippen molar-refractivity contribution >= 4 is 21.8 Å². The summed E-state index contributed by atoms with van der Waals surface area (Å²) in [6, 6.07) is 3.40. The zero-order valence-corrected chi connectivity index (χ0v) is 10.7. The van der Waals surface area contributed by atoms with Crippen LogP contribution in [0.2, 0.25) is 0 Å². The lowest BCUT2D eigenvalue weighted by Gasteiger charge is -2.39. The fraction of sp³-hybridized carbons (Fsp3) is 0.455. The molecule has 92 valence electrons. The molecule has 17 heavy (non-hydrogen) atoms. The van der Waals surface area contributed by atoms with Crippen molar-refractivity contribution < 1.29 is 14.6 Å². The SMILES string of the molecule is O=C(NCC1(CO)COC1)c1ccc(Br)cn1. The Hall–Kier alpha value is -0.980. The number of aliphatic hydroxyl groups excluding tert-OH is 1. The zero-order chi connectivity index (χ0) is 12.3. The number of aliphatic hydroxyl groups is 1. The van der Waals surface area contributed by atoms with Gasteiger partial charge in [-0.15, -0.1) is 0 Å². The summed E-state index contributed by atoms with van der Waals surface area (Å²) >= 11 is 3.25. The van der Waals surface area contributed by atoms with Crippen LogP contribution < -0.4 is 5.32 Å². The fourth-order valence-corrected chi connectivity index (χ4v) is 1.74. The quantitative estimate of drug-likeness (QED) is 0.853. The summed E-state index contributed by atoms with van der Waals surface area (Å²) in [7, 11) is 0. The third-order valence-electron chi connectivity index (χ3n) is 2.74. The van der Waals surface area contributed by atoms with Crippen LogP contribution >= 0.6 is 15.9 Å². The van der Waals surface area contributed by atoms with Gasteiger partial charge in [-0.05, 0) is 28.1 Å². The Morgan fingerprint density at radius 1 is 1.59 bits per heavy atom. The second-order valence-corrected chi connectivity index (χ2v) is 5.11. The number of pyridine rings is 1. The van der Waals surface area contributed by atoms with E-state index in [0.717, 1.165) is 4.47 Å². The van der Waals surface area contributed by atoms with E-state index in [0.29, 0.717) is 25.5 Å². The Morgan fingerprint density at radius 2 is 2.35 bits per heavy atom. The monoisotopic (exact) mass is 300 g/mol. The molecule has 0 radical (unpaired) electrons. The molecule has 1 aromatic heterocycles. The largest absolute Gasteiger partial charge is 0.396 e. The van der Waals surface area contributed by atoms with Crippen molar-refractivity contribution in [1.82, 2.24) is 10.3 Å². The molecule has 0 atom stereocenters. The molecule has 1 aliphatic rings. The number of halogens is 1. The Kier molecular flexibility index (Phi) is 3.76. The van der Waals surface area contributed by atoms with Gasteiger partial charge in [0.2, 0.25) is 0 Å². The van der Waals surface area contributed by atoms with Crippen LogP contribution in [-0.4, -0.2) is 42.4 Å². The minimum Gasteiger partial charge on any atom is -0.396 e. The van der Waals surface area contributed by atoms with Gasteiger partial charge in [0.25, 0.3) is 5.91 Å². The molecule has 1 aromatic rings. The van der Waals surface area contributed by atoms with E-state index in [1.807, 2.05) is 0 Å². The van der Waals surface area contributed by atoms with Gasteiger partial charge in [-0.25, -0.2) is 4.98 Å². The molecule has 0 unspecified atom stereocenters. The molecule has 1 amide bonds. The standard InChI is InChI=1S/C11H13BrN2O3/c12-8-1-2-9(13-3-8)10(16)14-4-11(5-15)6-17-7-11/h1-3,15H,4-7H2,(H,14,16). The molecule has 0 spiro atoms. The smallest absolute Gasteiger partial charge is 0.269 e. The van der Waals surface area contributed by atoms with Crippen molar-refractivity contribution in [3.05, 3.63) is 28.5 Å². The second-order valence-electron chi connectivity index (χ2n) is 4.20. The summed E-state index contributed by atoms with van der Waals surface area (Å²) < 4.78 is 5.88. The molecule has 5 nitrogen and oxygen atoms in total. The molecule has 2 heterocycles. The maximum Gasteiger partial charge on any atom is 0.269 e. The summed E-state index contributed by atoms with van der Waals surface area (Å²) in [5.41, 5.74) is 0.0481. The number of hydrogen-bond donors (Lipinski definition) is 2. The number of rotatable bonds is 4. The van der Waals surface area contributed by atoms with E-state index in [1.165, 1.54) is 0 Å². The number of ether oxygens (including phenoxy) is 1. The summed E-state index contributed by atoms with van der Waals surface area (Å²) in [6.07, 6.45) is 1.57. The van der Waals surface area contributed by atoms with E-state index < -0.39 is 0 Å². The molecule has 1 aliphatic heterocycles. The molecular formula is C11H13BrN2O3. The Bertz CT molecular complexity index is 398. The van der Waals surface area contributed by atoms with E-state index in [2.05, 4.69) is 26.2 Å².